The molecule has 1 aliphatic heterocycles. The molecule has 0 radical (unpaired) electrons. The Balaban J connectivity index is 1.66. The summed E-state index contributed by atoms with van der Waals surface area (Å²) in [6, 6.07) is 6.87. The maximum atomic E-state index is 12.1. The van der Waals surface area contributed by atoms with Crippen LogP contribution in [0, 0.1) is 18.3 Å². The number of carbonyl (C=O) groups is 2. The number of nitrogens with zero attached hydrogens (tertiary/aromatic N) is 1. The molecular formula is C18H22ClN3O2. The zero-order valence-electron chi connectivity index (χ0n) is 13.6. The lowest BCUT2D eigenvalue weighted by Crippen LogP contribution is -2.42. The van der Waals surface area contributed by atoms with Crippen LogP contribution in [0.4, 0.5) is 0 Å². The molecule has 6 heteroatoms. The molecule has 2 N–H and O–H groups in total. The van der Waals surface area contributed by atoms with Crippen LogP contribution in [0.25, 0.3) is 0 Å². The number of benzene rings is 1. The molecule has 0 saturated carbocycles. The summed E-state index contributed by atoms with van der Waals surface area (Å²) in [4.78, 5) is 26.3. The maximum Gasteiger partial charge on any atom is 0.252 e. The molecule has 2 rings (SSSR count). The van der Waals surface area contributed by atoms with Gasteiger partial charge in [0.1, 0.15) is 0 Å². The molecular weight excluding hydrogens is 326 g/mol. The van der Waals surface area contributed by atoms with Crippen LogP contribution in [0.2, 0.25) is 5.02 Å². The van der Waals surface area contributed by atoms with Crippen molar-refractivity contribution in [2.24, 2.45) is 5.92 Å². The third kappa shape index (κ3) is 5.26. The number of piperidine rings is 1. The van der Waals surface area contributed by atoms with E-state index < -0.39 is 0 Å². The number of likely N-dealkylation sites (tertiary alicyclic amines) is 1. The van der Waals surface area contributed by atoms with E-state index in [0.717, 1.165) is 25.9 Å². The van der Waals surface area contributed by atoms with Gasteiger partial charge in [-0.05, 0) is 38.1 Å². The minimum Gasteiger partial charge on any atom is -0.354 e. The SMILES string of the molecule is C#CCN1CCC(C(=O)NCCNC(=O)c2ccccc2Cl)CC1. The number of carbonyl (C=O) groups excluding carboxylic acids is 2. The second-order valence-corrected chi connectivity index (χ2v) is 6.19. The van der Waals surface area contributed by atoms with E-state index in [1.165, 1.54) is 0 Å². The van der Waals surface area contributed by atoms with Crippen LogP contribution in [-0.2, 0) is 4.79 Å². The molecule has 1 aliphatic rings. The molecule has 1 saturated heterocycles. The number of terminal acetylenes is 1. The smallest absolute Gasteiger partial charge is 0.252 e. The fourth-order valence-corrected chi connectivity index (χ4v) is 2.95. The molecule has 128 valence electrons. The Hall–Kier alpha value is -2.03. The topological polar surface area (TPSA) is 61.4 Å². The molecule has 5 nitrogen and oxygen atoms in total. The van der Waals surface area contributed by atoms with Crippen molar-refractivity contribution in [3.8, 4) is 12.3 Å². The number of rotatable bonds is 6. The van der Waals surface area contributed by atoms with Gasteiger partial charge in [-0.1, -0.05) is 29.7 Å². The minimum absolute atomic E-state index is 0.0262. The highest BCUT2D eigenvalue weighted by atomic mass is 35.5. The van der Waals surface area contributed by atoms with Crippen molar-refractivity contribution in [2.75, 3.05) is 32.7 Å². The van der Waals surface area contributed by atoms with Crippen molar-refractivity contribution < 1.29 is 9.59 Å². The van der Waals surface area contributed by atoms with E-state index in [9.17, 15) is 9.59 Å². The number of amides is 2. The number of hydrogen-bond acceptors (Lipinski definition) is 3. The largest absolute Gasteiger partial charge is 0.354 e. The molecule has 1 fully saturated rings. The van der Waals surface area contributed by atoms with Gasteiger partial charge in [-0.3, -0.25) is 14.5 Å². The quantitative estimate of drug-likeness (QED) is 0.606. The summed E-state index contributed by atoms with van der Waals surface area (Å²) in [7, 11) is 0. The Labute approximate surface area is 147 Å². The Morgan fingerprint density at radius 3 is 2.54 bits per heavy atom. The van der Waals surface area contributed by atoms with Crippen LogP contribution in [-0.4, -0.2) is 49.4 Å². The summed E-state index contributed by atoms with van der Waals surface area (Å²) in [5, 5.41) is 6.04. The van der Waals surface area contributed by atoms with Gasteiger partial charge in [0.2, 0.25) is 5.91 Å². The van der Waals surface area contributed by atoms with Gasteiger partial charge in [-0.25, -0.2) is 0 Å². The molecule has 0 atom stereocenters. The van der Waals surface area contributed by atoms with Crippen molar-refractivity contribution in [1.29, 1.82) is 0 Å². The van der Waals surface area contributed by atoms with Gasteiger partial charge in [0.15, 0.2) is 0 Å². The summed E-state index contributed by atoms with van der Waals surface area (Å²) in [5.74, 6) is 2.46. The molecule has 2 amide bonds. The van der Waals surface area contributed by atoms with Crippen LogP contribution >= 0.6 is 11.6 Å². The van der Waals surface area contributed by atoms with E-state index in [1.54, 1.807) is 24.3 Å². The van der Waals surface area contributed by atoms with Crippen molar-refractivity contribution >= 4 is 23.4 Å². The third-order valence-electron chi connectivity index (χ3n) is 4.10. The van der Waals surface area contributed by atoms with Crippen LogP contribution in [0.3, 0.4) is 0 Å². The predicted molar refractivity (Wildman–Crippen MR) is 94.8 cm³/mol. The standard InChI is InChI=1S/C18H22ClN3O2/c1-2-11-22-12-7-14(8-13-22)17(23)20-9-10-21-18(24)15-5-3-4-6-16(15)19/h1,3-6,14H,7-13H2,(H,20,23)(H,21,24). The van der Waals surface area contributed by atoms with Gasteiger partial charge in [0, 0.05) is 19.0 Å². The Kier molecular flexibility index (Phi) is 7.10. The summed E-state index contributed by atoms with van der Waals surface area (Å²) in [5.41, 5.74) is 0.436. The fraction of sp³-hybridized carbons (Fsp3) is 0.444. The van der Waals surface area contributed by atoms with Gasteiger partial charge < -0.3 is 10.6 Å². The summed E-state index contributed by atoms with van der Waals surface area (Å²) in [6.45, 7) is 3.12. The van der Waals surface area contributed by atoms with Crippen molar-refractivity contribution in [1.82, 2.24) is 15.5 Å². The Bertz CT molecular complexity index is 619. The highest BCUT2D eigenvalue weighted by Crippen LogP contribution is 2.17. The highest BCUT2D eigenvalue weighted by molar-refractivity contribution is 6.33. The number of halogens is 1. The Morgan fingerprint density at radius 1 is 1.21 bits per heavy atom. The summed E-state index contributed by atoms with van der Waals surface area (Å²) in [6.07, 6.45) is 6.93. The van der Waals surface area contributed by atoms with E-state index in [4.69, 9.17) is 18.0 Å². The number of nitrogens with one attached hydrogen (secondary N) is 2. The number of hydrogen-bond donors (Lipinski definition) is 2. The summed E-state index contributed by atoms with van der Waals surface area (Å²) >= 11 is 5.97. The fourth-order valence-electron chi connectivity index (χ4n) is 2.73. The minimum atomic E-state index is -0.238. The molecule has 24 heavy (non-hydrogen) atoms. The van der Waals surface area contributed by atoms with Crippen LogP contribution < -0.4 is 10.6 Å². The first-order chi connectivity index (χ1) is 11.6. The lowest BCUT2D eigenvalue weighted by Gasteiger charge is -2.29. The van der Waals surface area contributed by atoms with E-state index in [0.29, 0.717) is 30.2 Å². The molecule has 1 aromatic carbocycles. The van der Waals surface area contributed by atoms with Gasteiger partial charge in [-0.2, -0.15) is 0 Å². The third-order valence-corrected chi connectivity index (χ3v) is 4.43. The molecule has 1 aromatic rings. The molecule has 0 aromatic heterocycles. The second-order valence-electron chi connectivity index (χ2n) is 5.78. The molecule has 0 unspecified atom stereocenters. The zero-order chi connectivity index (χ0) is 17.4. The van der Waals surface area contributed by atoms with Gasteiger partial charge in [0.05, 0.1) is 17.1 Å². The van der Waals surface area contributed by atoms with Crippen molar-refractivity contribution in [2.45, 2.75) is 12.8 Å². The predicted octanol–water partition coefficient (Wildman–Crippen LogP) is 1.53. The highest BCUT2D eigenvalue weighted by Gasteiger charge is 2.24. The molecule has 0 aliphatic carbocycles. The first-order valence-electron chi connectivity index (χ1n) is 8.08. The normalized spacial score (nSPS) is 15.5. The average Bonchev–Trinajstić information content (AvgIpc) is 2.59. The maximum absolute atomic E-state index is 12.1. The van der Waals surface area contributed by atoms with Gasteiger partial charge in [-0.15, -0.1) is 6.42 Å². The first kappa shape index (κ1) is 18.3. The van der Waals surface area contributed by atoms with E-state index >= 15 is 0 Å². The average molecular weight is 348 g/mol. The van der Waals surface area contributed by atoms with E-state index in [1.807, 2.05) is 0 Å². The Morgan fingerprint density at radius 2 is 1.88 bits per heavy atom. The molecule has 1 heterocycles. The monoisotopic (exact) mass is 347 g/mol. The molecule has 0 spiro atoms. The molecule has 0 bridgehead atoms. The van der Waals surface area contributed by atoms with Crippen LogP contribution in [0.1, 0.15) is 23.2 Å². The van der Waals surface area contributed by atoms with Crippen molar-refractivity contribution in [3.05, 3.63) is 34.9 Å². The van der Waals surface area contributed by atoms with Gasteiger partial charge in [0.25, 0.3) is 5.91 Å². The van der Waals surface area contributed by atoms with Crippen LogP contribution in [0.5, 0.6) is 0 Å². The van der Waals surface area contributed by atoms with E-state index in [-0.39, 0.29) is 17.7 Å². The zero-order valence-corrected chi connectivity index (χ0v) is 14.3. The lowest BCUT2D eigenvalue weighted by atomic mass is 9.96. The first-order valence-corrected chi connectivity index (χ1v) is 8.46. The van der Waals surface area contributed by atoms with Gasteiger partial charge >= 0.3 is 0 Å². The summed E-state index contributed by atoms with van der Waals surface area (Å²) < 4.78 is 0. The lowest BCUT2D eigenvalue weighted by molar-refractivity contribution is -0.126. The second kappa shape index (κ2) is 9.31. The van der Waals surface area contributed by atoms with Crippen molar-refractivity contribution in [3.63, 3.8) is 0 Å². The van der Waals surface area contributed by atoms with E-state index in [2.05, 4.69) is 21.5 Å². The van der Waals surface area contributed by atoms with Crippen LogP contribution in [0.15, 0.2) is 24.3 Å².